The lowest BCUT2D eigenvalue weighted by atomic mass is 9.86. The Kier molecular flexibility index (Phi) is 2.94. The fourth-order valence-electron chi connectivity index (χ4n) is 2.15. The zero-order valence-electron chi connectivity index (χ0n) is 8.11. The lowest BCUT2D eigenvalue weighted by Gasteiger charge is -2.19. The first-order valence-electron chi connectivity index (χ1n) is 5.11. The molecular weight excluding hydrogens is 134 g/mol. The highest BCUT2D eigenvalue weighted by Crippen LogP contribution is 2.40. The van der Waals surface area contributed by atoms with E-state index in [-0.39, 0.29) is 0 Å². The summed E-state index contributed by atoms with van der Waals surface area (Å²) in [5.41, 5.74) is 0.637. The summed E-state index contributed by atoms with van der Waals surface area (Å²) in [6.07, 6.45) is 7.26. The molecule has 1 N–H and O–H groups in total. The zero-order valence-corrected chi connectivity index (χ0v) is 8.11. The van der Waals surface area contributed by atoms with Gasteiger partial charge in [0.05, 0.1) is 0 Å². The number of hydrogen-bond donors (Lipinski definition) is 1. The summed E-state index contributed by atoms with van der Waals surface area (Å²) in [6, 6.07) is 0.831. The lowest BCUT2D eigenvalue weighted by Crippen LogP contribution is -2.20. The summed E-state index contributed by atoms with van der Waals surface area (Å²) in [6.45, 7) is 6.31. The van der Waals surface area contributed by atoms with E-state index < -0.39 is 0 Å². The van der Waals surface area contributed by atoms with Crippen molar-refractivity contribution in [3.63, 3.8) is 0 Å². The average molecular weight is 155 g/mol. The maximum atomic E-state index is 3.55. The number of hydrogen-bond acceptors (Lipinski definition) is 1. The molecule has 1 heteroatoms. The third kappa shape index (κ3) is 1.76. The lowest BCUT2D eigenvalue weighted by molar-refractivity contribution is 0.401. The summed E-state index contributed by atoms with van der Waals surface area (Å²) in [4.78, 5) is 0. The monoisotopic (exact) mass is 155 g/mol. The van der Waals surface area contributed by atoms with Crippen molar-refractivity contribution in [3.8, 4) is 0 Å². The number of rotatable bonds is 0. The molecule has 11 heavy (non-hydrogen) atoms. The van der Waals surface area contributed by atoms with Gasteiger partial charge in [-0.3, -0.25) is 0 Å². The molecule has 2 aliphatic rings. The SMILES string of the molecule is CC.CC1NC12CCCCC2. The minimum absolute atomic E-state index is 0.637. The third-order valence-electron chi connectivity index (χ3n) is 3.00. The first-order chi connectivity index (χ1) is 5.33. The van der Waals surface area contributed by atoms with Crippen LogP contribution in [0.4, 0.5) is 0 Å². The summed E-state index contributed by atoms with van der Waals surface area (Å²) in [5.74, 6) is 0. The van der Waals surface area contributed by atoms with Crippen LogP contribution in [0.2, 0.25) is 0 Å². The van der Waals surface area contributed by atoms with Crippen molar-refractivity contribution in [2.75, 3.05) is 0 Å². The maximum absolute atomic E-state index is 3.55. The molecule has 66 valence electrons. The molecule has 0 radical (unpaired) electrons. The van der Waals surface area contributed by atoms with Crippen molar-refractivity contribution in [1.29, 1.82) is 0 Å². The van der Waals surface area contributed by atoms with Crippen molar-refractivity contribution in [3.05, 3.63) is 0 Å². The van der Waals surface area contributed by atoms with E-state index in [9.17, 15) is 0 Å². The van der Waals surface area contributed by atoms with Gasteiger partial charge >= 0.3 is 0 Å². The van der Waals surface area contributed by atoms with Gasteiger partial charge in [0.2, 0.25) is 0 Å². The standard InChI is InChI=1S/C8H15N.C2H6/c1-7-8(9-7)5-3-2-4-6-8;1-2/h7,9H,2-6H2,1H3;1-2H3. The molecule has 2 rings (SSSR count). The van der Waals surface area contributed by atoms with Crippen molar-refractivity contribution in [2.24, 2.45) is 0 Å². The van der Waals surface area contributed by atoms with E-state index in [1.54, 1.807) is 0 Å². The fourth-order valence-corrected chi connectivity index (χ4v) is 2.15. The van der Waals surface area contributed by atoms with Crippen LogP contribution in [0, 0.1) is 0 Å². The molecule has 0 bridgehead atoms. The summed E-state index contributed by atoms with van der Waals surface area (Å²) >= 11 is 0. The van der Waals surface area contributed by atoms with Crippen LogP contribution >= 0.6 is 0 Å². The van der Waals surface area contributed by atoms with Gasteiger partial charge in [-0.25, -0.2) is 0 Å². The Morgan fingerprint density at radius 1 is 1.09 bits per heavy atom. The molecule has 1 aliphatic carbocycles. The van der Waals surface area contributed by atoms with Gasteiger partial charge in [0.15, 0.2) is 0 Å². The van der Waals surface area contributed by atoms with Crippen LogP contribution in [0.1, 0.15) is 52.9 Å². The Morgan fingerprint density at radius 2 is 1.55 bits per heavy atom. The highest BCUT2D eigenvalue weighted by atomic mass is 15.2. The van der Waals surface area contributed by atoms with E-state index in [0.717, 1.165) is 6.04 Å². The molecule has 1 atom stereocenters. The minimum atomic E-state index is 0.637. The third-order valence-corrected chi connectivity index (χ3v) is 3.00. The van der Waals surface area contributed by atoms with Crippen molar-refractivity contribution < 1.29 is 0 Å². The van der Waals surface area contributed by atoms with E-state index in [4.69, 9.17) is 0 Å². The molecule has 1 saturated carbocycles. The number of nitrogens with one attached hydrogen (secondary N) is 1. The van der Waals surface area contributed by atoms with Crippen molar-refractivity contribution in [2.45, 2.75) is 64.5 Å². The molecule has 2 fully saturated rings. The summed E-state index contributed by atoms with van der Waals surface area (Å²) in [5, 5.41) is 3.55. The molecule has 1 unspecified atom stereocenters. The van der Waals surface area contributed by atoms with Crippen LogP contribution in [0.5, 0.6) is 0 Å². The molecule has 0 aromatic carbocycles. The van der Waals surface area contributed by atoms with Crippen LogP contribution in [0.3, 0.4) is 0 Å². The Morgan fingerprint density at radius 3 is 1.82 bits per heavy atom. The average Bonchev–Trinajstić information content (AvgIpc) is 2.67. The fraction of sp³-hybridized carbons (Fsp3) is 1.00. The molecular formula is C10H21N. The van der Waals surface area contributed by atoms with E-state index in [1.165, 1.54) is 32.1 Å². The molecule has 0 aromatic heterocycles. The molecule has 1 nitrogen and oxygen atoms in total. The Hall–Kier alpha value is -0.0400. The molecule has 1 spiro atoms. The van der Waals surface area contributed by atoms with Gasteiger partial charge in [0.1, 0.15) is 0 Å². The molecule has 1 heterocycles. The predicted molar refractivity (Wildman–Crippen MR) is 49.8 cm³/mol. The van der Waals surface area contributed by atoms with E-state index in [2.05, 4.69) is 12.2 Å². The first-order valence-corrected chi connectivity index (χ1v) is 5.11. The second-order valence-electron chi connectivity index (χ2n) is 3.58. The van der Waals surface area contributed by atoms with Crippen LogP contribution in [-0.2, 0) is 0 Å². The second kappa shape index (κ2) is 3.57. The van der Waals surface area contributed by atoms with Gasteiger partial charge in [0.25, 0.3) is 0 Å². The Labute approximate surface area is 70.6 Å². The van der Waals surface area contributed by atoms with Crippen molar-refractivity contribution in [1.82, 2.24) is 5.32 Å². The predicted octanol–water partition coefficient (Wildman–Crippen LogP) is 2.71. The first kappa shape index (κ1) is 9.05. The Bertz CT molecular complexity index is 114. The topological polar surface area (TPSA) is 21.9 Å². The zero-order chi connectivity index (χ0) is 8.32. The van der Waals surface area contributed by atoms with Gasteiger partial charge in [0, 0.05) is 11.6 Å². The smallest absolute Gasteiger partial charge is 0.0335 e. The summed E-state index contributed by atoms with van der Waals surface area (Å²) in [7, 11) is 0. The highest BCUT2D eigenvalue weighted by Gasteiger charge is 2.49. The second-order valence-corrected chi connectivity index (χ2v) is 3.58. The quantitative estimate of drug-likeness (QED) is 0.534. The van der Waals surface area contributed by atoms with Crippen LogP contribution in [0.25, 0.3) is 0 Å². The van der Waals surface area contributed by atoms with Gasteiger partial charge < -0.3 is 5.32 Å². The normalized spacial score (nSPS) is 32.5. The maximum Gasteiger partial charge on any atom is 0.0335 e. The minimum Gasteiger partial charge on any atom is -0.305 e. The van der Waals surface area contributed by atoms with Gasteiger partial charge in [-0.15, -0.1) is 0 Å². The van der Waals surface area contributed by atoms with Crippen molar-refractivity contribution >= 4 is 0 Å². The Balaban J connectivity index is 0.000000281. The summed E-state index contributed by atoms with van der Waals surface area (Å²) < 4.78 is 0. The van der Waals surface area contributed by atoms with Gasteiger partial charge in [-0.05, 0) is 19.8 Å². The molecule has 0 aromatic rings. The van der Waals surface area contributed by atoms with Gasteiger partial charge in [-0.2, -0.15) is 0 Å². The molecule has 1 saturated heterocycles. The van der Waals surface area contributed by atoms with E-state index in [0.29, 0.717) is 5.54 Å². The van der Waals surface area contributed by atoms with Crippen LogP contribution in [0.15, 0.2) is 0 Å². The largest absolute Gasteiger partial charge is 0.305 e. The molecule has 0 amide bonds. The van der Waals surface area contributed by atoms with Gasteiger partial charge in [-0.1, -0.05) is 33.1 Å². The highest BCUT2D eigenvalue weighted by molar-refractivity contribution is 5.12. The van der Waals surface area contributed by atoms with Crippen LogP contribution in [-0.4, -0.2) is 11.6 Å². The molecule has 1 aliphatic heterocycles. The van der Waals surface area contributed by atoms with Crippen LogP contribution < -0.4 is 5.32 Å². The van der Waals surface area contributed by atoms with E-state index >= 15 is 0 Å². The van der Waals surface area contributed by atoms with E-state index in [1.807, 2.05) is 13.8 Å².